The van der Waals surface area contributed by atoms with Crippen molar-refractivity contribution in [3.63, 3.8) is 0 Å². The maximum atomic E-state index is 11.2. The Kier molecular flexibility index (Phi) is 6.54. The highest BCUT2D eigenvalue weighted by Crippen LogP contribution is 2.06. The highest BCUT2D eigenvalue weighted by atomic mass is 16.6. The van der Waals surface area contributed by atoms with Gasteiger partial charge in [-0.3, -0.25) is 4.79 Å². The molecule has 0 fully saturated rings. The largest absolute Gasteiger partial charge is 0.444 e. The predicted molar refractivity (Wildman–Crippen MR) is 67.9 cm³/mol. The van der Waals surface area contributed by atoms with Gasteiger partial charge in [0.05, 0.1) is 0 Å². The van der Waals surface area contributed by atoms with E-state index in [1.165, 1.54) is 0 Å². The summed E-state index contributed by atoms with van der Waals surface area (Å²) < 4.78 is 5.07. The molecule has 98 valence electrons. The van der Waals surface area contributed by atoms with Gasteiger partial charge in [0.15, 0.2) is 5.78 Å². The van der Waals surface area contributed by atoms with E-state index in [1.54, 1.807) is 6.92 Å². The molecule has 4 nitrogen and oxygen atoms in total. The minimum atomic E-state index is -0.472. The van der Waals surface area contributed by atoms with Crippen molar-refractivity contribution in [3.8, 4) is 0 Å². The number of unbranched alkanes of at least 4 members (excludes halogenated alkanes) is 1. The van der Waals surface area contributed by atoms with E-state index in [9.17, 15) is 9.59 Å². The second-order valence-corrected chi connectivity index (χ2v) is 5.09. The van der Waals surface area contributed by atoms with E-state index in [-0.39, 0.29) is 5.78 Å². The summed E-state index contributed by atoms with van der Waals surface area (Å²) in [4.78, 5) is 22.5. The molecule has 1 N–H and O–H groups in total. The molecule has 0 unspecified atom stereocenters. The third-order valence-electron chi connectivity index (χ3n) is 1.97. The van der Waals surface area contributed by atoms with Gasteiger partial charge in [-0.05, 0) is 46.1 Å². The van der Waals surface area contributed by atoms with Gasteiger partial charge < -0.3 is 10.1 Å². The summed E-state index contributed by atoms with van der Waals surface area (Å²) in [5.41, 5.74) is 0.116. The smallest absolute Gasteiger partial charge is 0.407 e. The van der Waals surface area contributed by atoms with E-state index in [0.717, 1.165) is 12.8 Å². The topological polar surface area (TPSA) is 55.4 Å². The average Bonchev–Trinajstić information content (AvgIpc) is 2.13. The minimum absolute atomic E-state index is 0.0854. The predicted octanol–water partition coefficient (Wildman–Crippen LogP) is 2.83. The van der Waals surface area contributed by atoms with Crippen LogP contribution in [0.15, 0.2) is 12.2 Å². The Balaban J connectivity index is 3.56. The second-order valence-electron chi connectivity index (χ2n) is 5.09. The Labute approximate surface area is 103 Å². The van der Waals surface area contributed by atoms with E-state index in [4.69, 9.17) is 4.74 Å². The summed E-state index contributed by atoms with van der Waals surface area (Å²) in [5, 5.41) is 2.65. The molecule has 0 aromatic rings. The Morgan fingerprint density at radius 2 is 1.82 bits per heavy atom. The van der Waals surface area contributed by atoms with Crippen molar-refractivity contribution in [2.75, 3.05) is 6.54 Å². The van der Waals surface area contributed by atoms with Crippen LogP contribution in [0, 0.1) is 0 Å². The second kappa shape index (κ2) is 7.09. The molecule has 0 spiro atoms. The normalized spacial score (nSPS) is 10.8. The van der Waals surface area contributed by atoms with Crippen LogP contribution in [0.25, 0.3) is 0 Å². The summed E-state index contributed by atoms with van der Waals surface area (Å²) in [6, 6.07) is 0. The van der Waals surface area contributed by atoms with Gasteiger partial charge in [-0.25, -0.2) is 4.79 Å². The lowest BCUT2D eigenvalue weighted by Gasteiger charge is -2.19. The van der Waals surface area contributed by atoms with E-state index < -0.39 is 11.7 Å². The molecule has 0 aliphatic carbocycles. The molecule has 0 saturated carbocycles. The number of hydrogen-bond donors (Lipinski definition) is 1. The van der Waals surface area contributed by atoms with Gasteiger partial charge in [0.25, 0.3) is 0 Å². The maximum absolute atomic E-state index is 11.2. The number of ketones is 1. The molecule has 4 heteroatoms. The quantitative estimate of drug-likeness (QED) is 0.574. The van der Waals surface area contributed by atoms with Gasteiger partial charge in [-0.1, -0.05) is 6.58 Å². The lowest BCUT2D eigenvalue weighted by molar-refractivity contribution is -0.115. The fraction of sp³-hybridized carbons (Fsp3) is 0.692. The molecular formula is C13H23NO3. The standard InChI is InChI=1S/C13H23NO3/c1-10(2)11(15)8-6-7-9-14-12(16)17-13(3,4)5/h1,6-9H2,2-5H3,(H,14,16). The van der Waals surface area contributed by atoms with Crippen LogP contribution in [0.5, 0.6) is 0 Å². The summed E-state index contributed by atoms with van der Waals surface area (Å²) in [6.45, 7) is 11.3. The van der Waals surface area contributed by atoms with Crippen LogP contribution < -0.4 is 5.32 Å². The van der Waals surface area contributed by atoms with Gasteiger partial charge in [0.2, 0.25) is 0 Å². The van der Waals surface area contributed by atoms with Crippen LogP contribution in [-0.2, 0) is 9.53 Å². The highest BCUT2D eigenvalue weighted by Gasteiger charge is 2.15. The molecule has 0 aliphatic rings. The fourth-order valence-electron chi connectivity index (χ4n) is 1.13. The van der Waals surface area contributed by atoms with Crippen molar-refractivity contribution in [2.24, 2.45) is 0 Å². The molecule has 0 heterocycles. The van der Waals surface area contributed by atoms with Gasteiger partial charge >= 0.3 is 6.09 Å². The van der Waals surface area contributed by atoms with Crippen molar-refractivity contribution in [2.45, 2.75) is 52.6 Å². The summed E-state index contributed by atoms with van der Waals surface area (Å²) in [5.74, 6) is 0.0854. The van der Waals surface area contributed by atoms with E-state index in [1.807, 2.05) is 20.8 Å². The van der Waals surface area contributed by atoms with Gasteiger partial charge in [-0.2, -0.15) is 0 Å². The minimum Gasteiger partial charge on any atom is -0.444 e. The molecule has 0 atom stereocenters. The third-order valence-corrected chi connectivity index (χ3v) is 1.97. The van der Waals surface area contributed by atoms with E-state index in [0.29, 0.717) is 18.5 Å². The van der Waals surface area contributed by atoms with Crippen LogP contribution in [-0.4, -0.2) is 24.0 Å². The molecule has 0 aromatic carbocycles. The number of hydrogen-bond acceptors (Lipinski definition) is 3. The molecule has 0 aromatic heterocycles. The number of amides is 1. The number of alkyl carbamates (subject to hydrolysis) is 1. The van der Waals surface area contributed by atoms with Gasteiger partial charge in [-0.15, -0.1) is 0 Å². The molecule has 0 aliphatic heterocycles. The zero-order valence-corrected chi connectivity index (χ0v) is 11.3. The number of allylic oxidation sites excluding steroid dienone is 1. The summed E-state index contributed by atoms with van der Waals surface area (Å²) >= 11 is 0. The zero-order chi connectivity index (χ0) is 13.5. The lowest BCUT2D eigenvalue weighted by atomic mass is 10.1. The first kappa shape index (κ1) is 15.7. The molecule has 0 bridgehead atoms. The number of carbonyl (C=O) groups is 2. The lowest BCUT2D eigenvalue weighted by Crippen LogP contribution is -2.33. The van der Waals surface area contributed by atoms with E-state index in [2.05, 4.69) is 11.9 Å². The Bertz CT molecular complexity index is 290. The summed E-state index contributed by atoms with van der Waals surface area (Å²) in [6.07, 6.45) is 1.59. The van der Waals surface area contributed by atoms with Crippen molar-refractivity contribution in [3.05, 3.63) is 12.2 Å². The molecule has 0 rings (SSSR count). The monoisotopic (exact) mass is 241 g/mol. The highest BCUT2D eigenvalue weighted by molar-refractivity contribution is 5.93. The van der Waals surface area contributed by atoms with Gasteiger partial charge in [0.1, 0.15) is 5.60 Å². The average molecular weight is 241 g/mol. The molecular weight excluding hydrogens is 218 g/mol. The van der Waals surface area contributed by atoms with Gasteiger partial charge in [0, 0.05) is 13.0 Å². The summed E-state index contributed by atoms with van der Waals surface area (Å²) in [7, 11) is 0. The molecule has 1 amide bonds. The first-order valence-electron chi connectivity index (χ1n) is 5.88. The van der Waals surface area contributed by atoms with Crippen molar-refractivity contribution in [1.29, 1.82) is 0 Å². The third kappa shape index (κ3) is 9.60. The molecule has 0 saturated heterocycles. The Morgan fingerprint density at radius 1 is 1.24 bits per heavy atom. The van der Waals surface area contributed by atoms with Crippen LogP contribution >= 0.6 is 0 Å². The first-order chi connectivity index (χ1) is 7.72. The maximum Gasteiger partial charge on any atom is 0.407 e. The fourth-order valence-corrected chi connectivity index (χ4v) is 1.13. The number of rotatable bonds is 6. The van der Waals surface area contributed by atoms with Crippen LogP contribution in [0.4, 0.5) is 4.79 Å². The Morgan fingerprint density at radius 3 is 2.29 bits per heavy atom. The number of nitrogens with one attached hydrogen (secondary N) is 1. The SMILES string of the molecule is C=C(C)C(=O)CCCCNC(=O)OC(C)(C)C. The van der Waals surface area contributed by atoms with Crippen molar-refractivity contribution >= 4 is 11.9 Å². The Hall–Kier alpha value is -1.32. The molecule has 17 heavy (non-hydrogen) atoms. The van der Waals surface area contributed by atoms with E-state index >= 15 is 0 Å². The van der Waals surface area contributed by atoms with Crippen molar-refractivity contribution in [1.82, 2.24) is 5.32 Å². The van der Waals surface area contributed by atoms with Crippen LogP contribution in [0.1, 0.15) is 47.0 Å². The van der Waals surface area contributed by atoms with Crippen LogP contribution in [0.2, 0.25) is 0 Å². The number of carbonyl (C=O) groups excluding carboxylic acids is 2. The number of Topliss-reactive ketones (excluding diaryl/α,β-unsaturated/α-hetero) is 1. The molecule has 0 radical (unpaired) electrons. The van der Waals surface area contributed by atoms with Crippen LogP contribution in [0.3, 0.4) is 0 Å². The van der Waals surface area contributed by atoms with Crippen molar-refractivity contribution < 1.29 is 14.3 Å². The first-order valence-corrected chi connectivity index (χ1v) is 5.88. The number of ether oxygens (including phenoxy) is 1. The zero-order valence-electron chi connectivity index (χ0n) is 11.3.